The number of halogens is 1. The number of benzene rings is 2. The van der Waals surface area contributed by atoms with E-state index in [0.29, 0.717) is 11.4 Å². The summed E-state index contributed by atoms with van der Waals surface area (Å²) in [6, 6.07) is 14.2. The molecule has 1 amide bonds. The van der Waals surface area contributed by atoms with Crippen molar-refractivity contribution < 1.29 is 13.9 Å². The van der Waals surface area contributed by atoms with Crippen LogP contribution in [0, 0.1) is 5.82 Å². The minimum Gasteiger partial charge on any atom is -0.497 e. The van der Waals surface area contributed by atoms with E-state index in [4.69, 9.17) is 4.74 Å². The van der Waals surface area contributed by atoms with Gasteiger partial charge in [0.1, 0.15) is 11.6 Å². The van der Waals surface area contributed by atoms with Gasteiger partial charge in [-0.3, -0.25) is 4.79 Å². The zero-order valence-electron chi connectivity index (χ0n) is 13.2. The van der Waals surface area contributed by atoms with Crippen molar-refractivity contribution in [3.63, 3.8) is 0 Å². The quantitative estimate of drug-likeness (QED) is 0.786. The second-order valence-corrected chi connectivity index (χ2v) is 6.46. The summed E-state index contributed by atoms with van der Waals surface area (Å²) in [6.07, 6.45) is 0.743. The highest BCUT2D eigenvalue weighted by molar-refractivity contribution is 8.00. The van der Waals surface area contributed by atoms with E-state index in [2.05, 4.69) is 5.32 Å². The molecule has 122 valence electrons. The molecule has 1 unspecified atom stereocenters. The number of nitrogens with one attached hydrogen (secondary N) is 1. The number of carbonyl (C=O) groups excluding carboxylic acids is 1. The first-order chi connectivity index (χ1) is 11.1. The smallest absolute Gasteiger partial charge is 0.233 e. The number of hydrogen-bond donors (Lipinski definition) is 1. The molecule has 0 heterocycles. The predicted octanol–water partition coefficient (Wildman–Crippen LogP) is 3.67. The molecule has 5 heteroatoms. The molecule has 2 rings (SSSR count). The lowest BCUT2D eigenvalue weighted by molar-refractivity contribution is -0.120. The van der Waals surface area contributed by atoms with Crippen molar-refractivity contribution in [2.75, 3.05) is 13.7 Å². The predicted molar refractivity (Wildman–Crippen MR) is 91.4 cm³/mol. The summed E-state index contributed by atoms with van der Waals surface area (Å²) >= 11 is 1.23. The molecule has 3 nitrogen and oxygen atoms in total. The van der Waals surface area contributed by atoms with Crippen LogP contribution in [0.5, 0.6) is 5.75 Å². The number of hydrogen-bond acceptors (Lipinski definition) is 3. The molecule has 0 fully saturated rings. The molecule has 23 heavy (non-hydrogen) atoms. The SMILES string of the molecule is COc1ccc(CCNC(=O)C(C)Sc2ccccc2F)cc1. The molecular weight excluding hydrogens is 313 g/mol. The molecule has 1 N–H and O–H groups in total. The molecule has 0 saturated carbocycles. The first-order valence-electron chi connectivity index (χ1n) is 7.42. The highest BCUT2D eigenvalue weighted by atomic mass is 32.2. The van der Waals surface area contributed by atoms with Crippen LogP contribution < -0.4 is 10.1 Å². The Balaban J connectivity index is 1.78. The van der Waals surface area contributed by atoms with Crippen LogP contribution in [-0.4, -0.2) is 24.8 Å². The van der Waals surface area contributed by atoms with Gasteiger partial charge in [0.05, 0.1) is 12.4 Å². The maximum Gasteiger partial charge on any atom is 0.233 e. The van der Waals surface area contributed by atoms with Gasteiger partial charge in [-0.2, -0.15) is 0 Å². The lowest BCUT2D eigenvalue weighted by Crippen LogP contribution is -2.32. The molecule has 0 radical (unpaired) electrons. The van der Waals surface area contributed by atoms with E-state index < -0.39 is 0 Å². The summed E-state index contributed by atoms with van der Waals surface area (Å²) in [6.45, 7) is 2.33. The van der Waals surface area contributed by atoms with Gasteiger partial charge < -0.3 is 10.1 Å². The molecule has 0 aliphatic heterocycles. The fourth-order valence-electron chi connectivity index (χ4n) is 2.05. The van der Waals surface area contributed by atoms with Crippen molar-refractivity contribution in [1.82, 2.24) is 5.32 Å². The summed E-state index contributed by atoms with van der Waals surface area (Å²) in [4.78, 5) is 12.6. The van der Waals surface area contributed by atoms with Gasteiger partial charge >= 0.3 is 0 Å². The van der Waals surface area contributed by atoms with Crippen molar-refractivity contribution in [1.29, 1.82) is 0 Å². The first kappa shape index (κ1) is 17.3. The Hall–Kier alpha value is -2.01. The Kier molecular flexibility index (Phi) is 6.47. The molecular formula is C18H20FNO2S. The average molecular weight is 333 g/mol. The number of thioether (sulfide) groups is 1. The molecule has 0 aliphatic rings. The topological polar surface area (TPSA) is 38.3 Å². The van der Waals surface area contributed by atoms with Crippen LogP contribution in [0.1, 0.15) is 12.5 Å². The summed E-state index contributed by atoms with van der Waals surface area (Å²) in [5.41, 5.74) is 1.13. The van der Waals surface area contributed by atoms with Crippen molar-refractivity contribution in [2.45, 2.75) is 23.5 Å². The lowest BCUT2D eigenvalue weighted by Gasteiger charge is -2.12. The van der Waals surface area contributed by atoms with E-state index in [-0.39, 0.29) is 17.0 Å². The first-order valence-corrected chi connectivity index (χ1v) is 8.30. The summed E-state index contributed by atoms with van der Waals surface area (Å²) in [5.74, 6) is 0.426. The molecule has 0 saturated heterocycles. The van der Waals surface area contributed by atoms with E-state index in [1.807, 2.05) is 24.3 Å². The van der Waals surface area contributed by atoms with Crippen LogP contribution in [0.2, 0.25) is 0 Å². The Morgan fingerprint density at radius 1 is 1.22 bits per heavy atom. The van der Waals surface area contributed by atoms with E-state index in [9.17, 15) is 9.18 Å². The van der Waals surface area contributed by atoms with E-state index in [0.717, 1.165) is 17.7 Å². The minimum atomic E-state index is -0.345. The van der Waals surface area contributed by atoms with Gasteiger partial charge in [-0.15, -0.1) is 11.8 Å². The van der Waals surface area contributed by atoms with Crippen LogP contribution in [0.15, 0.2) is 53.4 Å². The third-order valence-electron chi connectivity index (χ3n) is 3.38. The third-order valence-corrected chi connectivity index (χ3v) is 4.53. The molecule has 0 bridgehead atoms. The second kappa shape index (κ2) is 8.58. The summed E-state index contributed by atoms with van der Waals surface area (Å²) in [5, 5.41) is 2.54. The van der Waals surface area contributed by atoms with Gasteiger partial charge in [0.2, 0.25) is 5.91 Å². The van der Waals surface area contributed by atoms with Gasteiger partial charge in [0.25, 0.3) is 0 Å². The Morgan fingerprint density at radius 3 is 2.57 bits per heavy atom. The van der Waals surface area contributed by atoms with Crippen molar-refractivity contribution in [3.8, 4) is 5.75 Å². The van der Waals surface area contributed by atoms with Crippen LogP contribution >= 0.6 is 11.8 Å². The Labute approximate surface area is 140 Å². The van der Waals surface area contributed by atoms with Crippen molar-refractivity contribution >= 4 is 17.7 Å². The fraction of sp³-hybridized carbons (Fsp3) is 0.278. The highest BCUT2D eigenvalue weighted by Gasteiger charge is 2.15. The summed E-state index contributed by atoms with van der Waals surface area (Å²) in [7, 11) is 1.63. The maximum absolute atomic E-state index is 13.6. The van der Waals surface area contributed by atoms with E-state index in [1.165, 1.54) is 17.8 Å². The summed E-state index contributed by atoms with van der Waals surface area (Å²) < 4.78 is 18.7. The van der Waals surface area contributed by atoms with Gasteiger partial charge in [0, 0.05) is 11.4 Å². The lowest BCUT2D eigenvalue weighted by atomic mass is 10.1. The highest BCUT2D eigenvalue weighted by Crippen LogP contribution is 2.25. The van der Waals surface area contributed by atoms with Gasteiger partial charge in [-0.1, -0.05) is 24.3 Å². The van der Waals surface area contributed by atoms with Gasteiger partial charge in [-0.25, -0.2) is 4.39 Å². The number of methoxy groups -OCH3 is 1. The van der Waals surface area contributed by atoms with Crippen molar-refractivity contribution in [3.05, 3.63) is 59.9 Å². The monoisotopic (exact) mass is 333 g/mol. The molecule has 0 aromatic heterocycles. The fourth-order valence-corrected chi connectivity index (χ4v) is 2.96. The standard InChI is InChI=1S/C18H20FNO2S/c1-13(23-17-6-4-3-5-16(17)19)18(21)20-12-11-14-7-9-15(22-2)10-8-14/h3-10,13H,11-12H2,1-2H3,(H,20,21). The van der Waals surface area contributed by atoms with Crippen molar-refractivity contribution in [2.24, 2.45) is 0 Å². The number of ether oxygens (including phenoxy) is 1. The number of amides is 1. The normalized spacial score (nSPS) is 11.8. The molecule has 2 aromatic carbocycles. The number of rotatable bonds is 7. The molecule has 2 aromatic rings. The Bertz CT molecular complexity index is 646. The van der Waals surface area contributed by atoms with Gasteiger partial charge in [0.15, 0.2) is 0 Å². The second-order valence-electron chi connectivity index (χ2n) is 5.08. The zero-order chi connectivity index (χ0) is 16.7. The van der Waals surface area contributed by atoms with Crippen LogP contribution in [0.3, 0.4) is 0 Å². The third kappa shape index (κ3) is 5.28. The van der Waals surface area contributed by atoms with Crippen LogP contribution in [-0.2, 0) is 11.2 Å². The van der Waals surface area contributed by atoms with Crippen LogP contribution in [0.4, 0.5) is 4.39 Å². The molecule has 0 spiro atoms. The molecule has 0 aliphatic carbocycles. The zero-order valence-corrected chi connectivity index (χ0v) is 14.0. The van der Waals surface area contributed by atoms with E-state index >= 15 is 0 Å². The van der Waals surface area contributed by atoms with E-state index in [1.54, 1.807) is 32.2 Å². The Morgan fingerprint density at radius 2 is 1.91 bits per heavy atom. The average Bonchev–Trinajstić information content (AvgIpc) is 2.57. The molecule has 1 atom stereocenters. The maximum atomic E-state index is 13.6. The minimum absolute atomic E-state index is 0.0910. The van der Waals surface area contributed by atoms with Gasteiger partial charge in [-0.05, 0) is 43.2 Å². The largest absolute Gasteiger partial charge is 0.497 e. The van der Waals surface area contributed by atoms with Crippen LogP contribution in [0.25, 0.3) is 0 Å². The number of carbonyl (C=O) groups is 1.